The Morgan fingerprint density at radius 2 is 1.96 bits per heavy atom. The third-order valence-electron chi connectivity index (χ3n) is 4.70. The smallest absolute Gasteiger partial charge is 0.254 e. The van der Waals surface area contributed by atoms with Crippen LogP contribution in [0, 0.1) is 6.92 Å². The molecule has 0 spiro atoms. The van der Waals surface area contributed by atoms with Crippen LogP contribution in [0.1, 0.15) is 40.8 Å². The van der Waals surface area contributed by atoms with Crippen molar-refractivity contribution in [2.45, 2.75) is 25.8 Å². The Hall–Kier alpha value is -2.95. The van der Waals surface area contributed by atoms with Crippen LogP contribution in [0.15, 0.2) is 60.9 Å². The van der Waals surface area contributed by atoms with Gasteiger partial charge in [-0.3, -0.25) is 9.36 Å². The van der Waals surface area contributed by atoms with Crippen LogP contribution in [0.3, 0.4) is 0 Å². The summed E-state index contributed by atoms with van der Waals surface area (Å²) in [6, 6.07) is 15.5. The van der Waals surface area contributed by atoms with E-state index in [-0.39, 0.29) is 11.9 Å². The van der Waals surface area contributed by atoms with Crippen molar-refractivity contribution >= 4 is 5.91 Å². The number of nitrogens with zero attached hydrogens (tertiary/aromatic N) is 4. The van der Waals surface area contributed by atoms with Gasteiger partial charge in [0.2, 0.25) is 0 Å². The maximum Gasteiger partial charge on any atom is 0.254 e. The fraction of sp³-hybridized carbons (Fsp3) is 0.250. The average molecular weight is 332 g/mol. The third-order valence-corrected chi connectivity index (χ3v) is 4.70. The van der Waals surface area contributed by atoms with Crippen molar-refractivity contribution in [3.05, 3.63) is 78.0 Å². The lowest BCUT2D eigenvalue weighted by Gasteiger charge is -2.25. The molecule has 1 aromatic carbocycles. The minimum atomic E-state index is 0.0245. The molecule has 0 saturated carbocycles. The predicted molar refractivity (Wildman–Crippen MR) is 95.5 cm³/mol. The van der Waals surface area contributed by atoms with E-state index in [0.29, 0.717) is 0 Å². The van der Waals surface area contributed by atoms with Gasteiger partial charge in [-0.15, -0.1) is 0 Å². The summed E-state index contributed by atoms with van der Waals surface area (Å²) in [7, 11) is 0. The van der Waals surface area contributed by atoms with Crippen LogP contribution < -0.4 is 0 Å². The van der Waals surface area contributed by atoms with Crippen molar-refractivity contribution in [2.75, 3.05) is 6.54 Å². The Morgan fingerprint density at radius 1 is 1.12 bits per heavy atom. The average Bonchev–Trinajstić information content (AvgIpc) is 3.31. The quantitative estimate of drug-likeness (QED) is 0.737. The maximum absolute atomic E-state index is 12.9. The Balaban J connectivity index is 1.65. The van der Waals surface area contributed by atoms with E-state index >= 15 is 0 Å². The molecule has 0 bridgehead atoms. The number of imidazole rings is 1. The summed E-state index contributed by atoms with van der Waals surface area (Å²) in [4.78, 5) is 23.9. The highest BCUT2D eigenvalue weighted by Crippen LogP contribution is 2.32. The van der Waals surface area contributed by atoms with Gasteiger partial charge in [0.1, 0.15) is 11.6 Å². The second-order valence-corrected chi connectivity index (χ2v) is 6.29. The van der Waals surface area contributed by atoms with Crippen molar-refractivity contribution < 1.29 is 4.79 Å². The molecule has 1 aliphatic rings. The SMILES string of the molecule is Cc1nccn1-c1cccc([C@@H]2CCCN2C(=O)c2ccccc2)n1. The molecular formula is C20H20N4O. The summed E-state index contributed by atoms with van der Waals surface area (Å²) in [5.41, 5.74) is 1.67. The van der Waals surface area contributed by atoms with Gasteiger partial charge in [0.15, 0.2) is 0 Å². The first-order chi connectivity index (χ1) is 12.2. The summed E-state index contributed by atoms with van der Waals surface area (Å²) < 4.78 is 1.96. The van der Waals surface area contributed by atoms with E-state index in [0.717, 1.165) is 42.3 Å². The summed E-state index contributed by atoms with van der Waals surface area (Å²) in [5.74, 6) is 1.81. The van der Waals surface area contributed by atoms with Crippen LogP contribution in [0.25, 0.3) is 5.82 Å². The van der Waals surface area contributed by atoms with Gasteiger partial charge in [-0.25, -0.2) is 9.97 Å². The minimum Gasteiger partial charge on any atom is -0.330 e. The van der Waals surface area contributed by atoms with E-state index < -0.39 is 0 Å². The van der Waals surface area contributed by atoms with Crippen LogP contribution in [-0.2, 0) is 0 Å². The molecule has 1 saturated heterocycles. The van der Waals surface area contributed by atoms with Crippen molar-refractivity contribution in [2.24, 2.45) is 0 Å². The Morgan fingerprint density at radius 3 is 2.72 bits per heavy atom. The summed E-state index contributed by atoms with van der Waals surface area (Å²) in [6.45, 7) is 2.73. The third kappa shape index (κ3) is 2.93. The second-order valence-electron chi connectivity index (χ2n) is 6.29. The molecule has 1 fully saturated rings. The molecule has 4 rings (SSSR count). The van der Waals surface area contributed by atoms with Gasteiger partial charge in [-0.2, -0.15) is 0 Å². The molecular weight excluding hydrogens is 312 g/mol. The number of carbonyl (C=O) groups excluding carboxylic acids is 1. The van der Waals surface area contributed by atoms with Gasteiger partial charge in [0, 0.05) is 24.5 Å². The van der Waals surface area contributed by atoms with Crippen LogP contribution >= 0.6 is 0 Å². The number of carbonyl (C=O) groups is 1. The summed E-state index contributed by atoms with van der Waals surface area (Å²) in [5, 5.41) is 0. The molecule has 5 nitrogen and oxygen atoms in total. The van der Waals surface area contributed by atoms with Crippen molar-refractivity contribution in [1.29, 1.82) is 0 Å². The number of amides is 1. The second kappa shape index (κ2) is 6.51. The number of pyridine rings is 1. The topological polar surface area (TPSA) is 51.0 Å². The van der Waals surface area contributed by atoms with Crippen LogP contribution in [-0.4, -0.2) is 31.9 Å². The number of hydrogen-bond donors (Lipinski definition) is 0. The first-order valence-electron chi connectivity index (χ1n) is 8.57. The molecule has 3 aromatic rings. The summed E-state index contributed by atoms with van der Waals surface area (Å²) in [6.07, 6.45) is 5.62. The van der Waals surface area contributed by atoms with E-state index in [4.69, 9.17) is 4.98 Å². The van der Waals surface area contributed by atoms with E-state index in [1.165, 1.54) is 0 Å². The number of aryl methyl sites for hydroxylation is 1. The molecule has 3 heterocycles. The molecule has 2 aromatic heterocycles. The highest BCUT2D eigenvalue weighted by Gasteiger charge is 2.31. The molecule has 0 N–H and O–H groups in total. The molecule has 5 heteroatoms. The van der Waals surface area contributed by atoms with Crippen LogP contribution in [0.2, 0.25) is 0 Å². The normalized spacial score (nSPS) is 17.0. The number of hydrogen-bond acceptors (Lipinski definition) is 3. The highest BCUT2D eigenvalue weighted by molar-refractivity contribution is 5.94. The Kier molecular flexibility index (Phi) is 4.06. The fourth-order valence-corrected chi connectivity index (χ4v) is 3.44. The highest BCUT2D eigenvalue weighted by atomic mass is 16.2. The molecule has 126 valence electrons. The summed E-state index contributed by atoms with van der Waals surface area (Å²) >= 11 is 0. The molecule has 0 unspecified atom stereocenters. The van der Waals surface area contributed by atoms with Crippen LogP contribution in [0.4, 0.5) is 0 Å². The van der Waals surface area contributed by atoms with Crippen molar-refractivity contribution in [3.8, 4) is 5.82 Å². The zero-order valence-corrected chi connectivity index (χ0v) is 14.2. The number of aromatic nitrogens is 3. The molecule has 1 atom stereocenters. The number of likely N-dealkylation sites (tertiary alicyclic amines) is 1. The lowest BCUT2D eigenvalue weighted by molar-refractivity contribution is 0.0733. The standard InChI is InChI=1S/C20H20N4O/c1-15-21-12-14-23(15)19-11-5-9-17(22-19)18-10-6-13-24(18)20(25)16-7-3-2-4-8-16/h2-5,7-9,11-12,14,18H,6,10,13H2,1H3/t18-/m0/s1. The monoisotopic (exact) mass is 332 g/mol. The lowest BCUT2D eigenvalue weighted by Crippen LogP contribution is -2.31. The Labute approximate surface area is 147 Å². The fourth-order valence-electron chi connectivity index (χ4n) is 3.44. The molecule has 1 amide bonds. The number of benzene rings is 1. The van der Waals surface area contributed by atoms with Gasteiger partial charge >= 0.3 is 0 Å². The molecule has 1 aliphatic heterocycles. The first kappa shape index (κ1) is 15.6. The van der Waals surface area contributed by atoms with E-state index in [2.05, 4.69) is 4.98 Å². The van der Waals surface area contributed by atoms with Crippen molar-refractivity contribution in [1.82, 2.24) is 19.4 Å². The van der Waals surface area contributed by atoms with E-state index in [9.17, 15) is 4.79 Å². The largest absolute Gasteiger partial charge is 0.330 e. The maximum atomic E-state index is 12.9. The molecule has 25 heavy (non-hydrogen) atoms. The van der Waals surface area contributed by atoms with Gasteiger partial charge in [0.05, 0.1) is 11.7 Å². The van der Waals surface area contributed by atoms with E-state index in [1.807, 2.05) is 71.1 Å². The minimum absolute atomic E-state index is 0.0245. The van der Waals surface area contributed by atoms with Gasteiger partial charge in [-0.1, -0.05) is 24.3 Å². The zero-order valence-electron chi connectivity index (χ0n) is 14.2. The predicted octanol–water partition coefficient (Wildman–Crippen LogP) is 3.55. The van der Waals surface area contributed by atoms with Gasteiger partial charge in [0.25, 0.3) is 5.91 Å². The number of rotatable bonds is 3. The van der Waals surface area contributed by atoms with Gasteiger partial charge < -0.3 is 4.90 Å². The van der Waals surface area contributed by atoms with E-state index in [1.54, 1.807) is 6.20 Å². The van der Waals surface area contributed by atoms with Crippen molar-refractivity contribution in [3.63, 3.8) is 0 Å². The lowest BCUT2D eigenvalue weighted by atomic mass is 10.1. The Bertz CT molecular complexity index is 887. The van der Waals surface area contributed by atoms with Gasteiger partial charge in [-0.05, 0) is 44.0 Å². The molecule has 0 radical (unpaired) electrons. The molecule has 0 aliphatic carbocycles. The first-order valence-corrected chi connectivity index (χ1v) is 8.57. The van der Waals surface area contributed by atoms with Crippen LogP contribution in [0.5, 0.6) is 0 Å². The zero-order chi connectivity index (χ0) is 17.2.